The Kier molecular flexibility index (Phi) is 3.04. The van der Waals surface area contributed by atoms with E-state index in [4.69, 9.17) is 27.9 Å². The number of carbonyl (C=O) groups is 3. The smallest absolute Gasteiger partial charge is 0.316 e. The van der Waals surface area contributed by atoms with Gasteiger partial charge in [-0.2, -0.15) is 0 Å². The van der Waals surface area contributed by atoms with E-state index in [2.05, 4.69) is 0 Å². The fourth-order valence-corrected chi connectivity index (χ4v) is 2.95. The number of halogens is 2. The fraction of sp³-hybridized carbons (Fsp3) is 0.357. The number of imide groups is 1. The number of ether oxygens (including phenoxy) is 1. The highest BCUT2D eigenvalue weighted by Gasteiger charge is 2.69. The van der Waals surface area contributed by atoms with Gasteiger partial charge in [-0.25, -0.2) is 4.90 Å². The van der Waals surface area contributed by atoms with E-state index in [0.717, 1.165) is 4.90 Å². The zero-order valence-electron chi connectivity index (χ0n) is 11.1. The van der Waals surface area contributed by atoms with Crippen LogP contribution in [0.2, 0.25) is 0 Å². The molecule has 2 aliphatic rings. The van der Waals surface area contributed by atoms with Gasteiger partial charge in [-0.3, -0.25) is 14.4 Å². The van der Waals surface area contributed by atoms with Crippen LogP contribution < -0.4 is 0 Å². The van der Waals surface area contributed by atoms with E-state index in [0.29, 0.717) is 11.1 Å². The van der Waals surface area contributed by atoms with Gasteiger partial charge in [-0.15, -0.1) is 23.2 Å². The lowest BCUT2D eigenvalue weighted by Crippen LogP contribution is -2.35. The van der Waals surface area contributed by atoms with Crippen LogP contribution in [0.3, 0.4) is 0 Å². The number of hydrogen-bond donors (Lipinski definition) is 0. The molecule has 1 aliphatic heterocycles. The van der Waals surface area contributed by atoms with E-state index in [1.54, 1.807) is 31.2 Å². The van der Waals surface area contributed by atoms with Crippen molar-refractivity contribution in [2.24, 2.45) is 5.41 Å². The molecule has 21 heavy (non-hydrogen) atoms. The van der Waals surface area contributed by atoms with Crippen LogP contribution in [0.4, 0.5) is 0 Å². The molecule has 0 aromatic heterocycles. The number of hydrogen-bond acceptors (Lipinski definition) is 4. The predicted octanol–water partition coefficient (Wildman–Crippen LogP) is 2.37. The molecule has 1 aliphatic carbocycles. The second-order valence-corrected chi connectivity index (χ2v) is 6.84. The van der Waals surface area contributed by atoms with Gasteiger partial charge in [0.15, 0.2) is 6.73 Å². The van der Waals surface area contributed by atoms with Crippen LogP contribution in [0.1, 0.15) is 34.1 Å². The second kappa shape index (κ2) is 4.45. The quantitative estimate of drug-likeness (QED) is 0.485. The maximum absolute atomic E-state index is 12.1. The minimum Gasteiger partial charge on any atom is -0.443 e. The van der Waals surface area contributed by atoms with Gasteiger partial charge in [0.2, 0.25) is 0 Å². The normalized spacial score (nSPS) is 25.8. The minimum atomic E-state index is -1.15. The summed E-state index contributed by atoms with van der Waals surface area (Å²) in [6.07, 6.45) is 0.282. The van der Waals surface area contributed by atoms with Gasteiger partial charge in [0.1, 0.15) is 9.75 Å². The maximum Gasteiger partial charge on any atom is 0.316 e. The van der Waals surface area contributed by atoms with Crippen molar-refractivity contribution in [2.45, 2.75) is 17.7 Å². The Morgan fingerprint density at radius 3 is 2.14 bits per heavy atom. The van der Waals surface area contributed by atoms with E-state index < -0.39 is 34.3 Å². The topological polar surface area (TPSA) is 63.7 Å². The highest BCUT2D eigenvalue weighted by molar-refractivity contribution is 6.53. The van der Waals surface area contributed by atoms with Gasteiger partial charge < -0.3 is 4.74 Å². The Morgan fingerprint density at radius 1 is 1.24 bits per heavy atom. The molecule has 3 rings (SSSR count). The lowest BCUT2D eigenvalue weighted by molar-refractivity contribution is -0.152. The molecule has 1 saturated carbocycles. The standard InChI is InChI=1S/C14H11Cl2NO4/c1-13(6-14(13,15)16)12(20)21-7-17-10(18)8-4-2-3-5-9(8)11(17)19/h2-5H,6-7H2,1H3/t13-/m1/s1. The van der Waals surface area contributed by atoms with Crippen LogP contribution in [-0.4, -0.2) is 33.7 Å². The molecule has 1 fully saturated rings. The Balaban J connectivity index is 1.70. The van der Waals surface area contributed by atoms with Crippen molar-refractivity contribution < 1.29 is 19.1 Å². The maximum atomic E-state index is 12.1. The Bertz CT molecular complexity index is 638. The van der Waals surface area contributed by atoms with Crippen LogP contribution in [0, 0.1) is 5.41 Å². The van der Waals surface area contributed by atoms with E-state index in [1.165, 1.54) is 0 Å². The molecular formula is C14H11Cl2NO4. The monoisotopic (exact) mass is 327 g/mol. The largest absolute Gasteiger partial charge is 0.443 e. The molecule has 1 aromatic rings. The lowest BCUT2D eigenvalue weighted by Gasteiger charge is -2.16. The summed E-state index contributed by atoms with van der Waals surface area (Å²) < 4.78 is 3.89. The summed E-state index contributed by atoms with van der Waals surface area (Å²) in [7, 11) is 0. The number of amides is 2. The van der Waals surface area contributed by atoms with Crippen LogP contribution in [0.25, 0.3) is 0 Å². The van der Waals surface area contributed by atoms with E-state index in [-0.39, 0.29) is 6.42 Å². The van der Waals surface area contributed by atoms with Gasteiger partial charge in [0.25, 0.3) is 11.8 Å². The van der Waals surface area contributed by atoms with Crippen molar-refractivity contribution in [3.8, 4) is 0 Å². The summed E-state index contributed by atoms with van der Waals surface area (Å²) in [5.74, 6) is -1.58. The first-order valence-electron chi connectivity index (χ1n) is 6.28. The molecule has 0 bridgehead atoms. The Morgan fingerprint density at radius 2 is 1.71 bits per heavy atom. The second-order valence-electron chi connectivity index (χ2n) is 5.36. The number of alkyl halides is 2. The Hall–Kier alpha value is -1.59. The zero-order chi connectivity index (χ0) is 15.4. The third-order valence-electron chi connectivity index (χ3n) is 3.91. The average Bonchev–Trinajstić information content (AvgIpc) is 2.87. The van der Waals surface area contributed by atoms with Crippen LogP contribution >= 0.6 is 23.2 Å². The third-order valence-corrected chi connectivity index (χ3v) is 5.01. The van der Waals surface area contributed by atoms with Gasteiger partial charge in [-0.05, 0) is 19.1 Å². The molecule has 7 heteroatoms. The number of rotatable bonds is 3. The van der Waals surface area contributed by atoms with Crippen molar-refractivity contribution in [2.75, 3.05) is 6.73 Å². The van der Waals surface area contributed by atoms with E-state index in [9.17, 15) is 14.4 Å². The summed E-state index contributed by atoms with van der Waals surface area (Å²) >= 11 is 11.8. The van der Waals surface area contributed by atoms with Crippen molar-refractivity contribution >= 4 is 41.0 Å². The summed E-state index contributed by atoms with van der Waals surface area (Å²) in [5.41, 5.74) is -0.380. The van der Waals surface area contributed by atoms with Crippen LogP contribution in [0.5, 0.6) is 0 Å². The fourth-order valence-electron chi connectivity index (χ4n) is 2.26. The molecule has 0 unspecified atom stereocenters. The molecule has 0 N–H and O–H groups in total. The summed E-state index contributed by atoms with van der Waals surface area (Å²) in [6, 6.07) is 6.45. The third kappa shape index (κ3) is 2.03. The molecule has 0 spiro atoms. The summed E-state index contributed by atoms with van der Waals surface area (Å²) in [5, 5.41) is 0. The predicted molar refractivity (Wildman–Crippen MR) is 75.1 cm³/mol. The number of nitrogens with zero attached hydrogens (tertiary/aromatic N) is 1. The molecule has 110 valence electrons. The molecule has 1 aromatic carbocycles. The van der Waals surface area contributed by atoms with Crippen LogP contribution in [0.15, 0.2) is 24.3 Å². The first kappa shape index (κ1) is 14.4. The SMILES string of the molecule is C[C@]1(C(=O)OCN2C(=O)c3ccccc3C2=O)CC1(Cl)Cl. The first-order valence-corrected chi connectivity index (χ1v) is 7.04. The Labute approximate surface area is 130 Å². The molecule has 1 atom stereocenters. The van der Waals surface area contributed by atoms with Gasteiger partial charge in [-0.1, -0.05) is 12.1 Å². The van der Waals surface area contributed by atoms with Crippen molar-refractivity contribution in [3.63, 3.8) is 0 Å². The highest BCUT2D eigenvalue weighted by Crippen LogP contribution is 2.64. The zero-order valence-corrected chi connectivity index (χ0v) is 12.6. The summed E-state index contributed by atoms with van der Waals surface area (Å²) in [6.45, 7) is 1.14. The molecule has 1 heterocycles. The lowest BCUT2D eigenvalue weighted by atomic mass is 10.1. The number of carbonyl (C=O) groups excluding carboxylic acids is 3. The molecule has 2 amide bonds. The van der Waals surface area contributed by atoms with Gasteiger partial charge in [0, 0.05) is 6.42 Å². The molecule has 0 saturated heterocycles. The average molecular weight is 328 g/mol. The highest BCUT2D eigenvalue weighted by atomic mass is 35.5. The van der Waals surface area contributed by atoms with Gasteiger partial charge >= 0.3 is 5.97 Å². The van der Waals surface area contributed by atoms with E-state index >= 15 is 0 Å². The minimum absolute atomic E-state index is 0.282. The number of esters is 1. The number of benzene rings is 1. The van der Waals surface area contributed by atoms with Crippen molar-refractivity contribution in [3.05, 3.63) is 35.4 Å². The molecule has 5 nitrogen and oxygen atoms in total. The van der Waals surface area contributed by atoms with Crippen molar-refractivity contribution in [1.29, 1.82) is 0 Å². The van der Waals surface area contributed by atoms with Gasteiger partial charge in [0.05, 0.1) is 11.1 Å². The molecular weight excluding hydrogens is 317 g/mol. The van der Waals surface area contributed by atoms with E-state index in [1.807, 2.05) is 0 Å². The summed E-state index contributed by atoms with van der Waals surface area (Å²) in [4.78, 5) is 37.0. The van der Waals surface area contributed by atoms with Crippen LogP contribution in [-0.2, 0) is 9.53 Å². The number of fused-ring (bicyclic) bond motifs is 1. The molecule has 0 radical (unpaired) electrons. The van der Waals surface area contributed by atoms with Crippen molar-refractivity contribution in [1.82, 2.24) is 4.90 Å². The first-order chi connectivity index (χ1) is 9.78.